The smallest absolute Gasteiger partial charge is 0.335 e. The number of anilines is 2. The van der Waals surface area contributed by atoms with Gasteiger partial charge in [-0.2, -0.15) is 0 Å². The largest absolute Gasteiger partial charge is 0.478 e. The summed E-state index contributed by atoms with van der Waals surface area (Å²) < 4.78 is 0. The summed E-state index contributed by atoms with van der Waals surface area (Å²) in [5.74, 6) is -1.28. The summed E-state index contributed by atoms with van der Waals surface area (Å²) in [5, 5.41) is 12.1. The topological polar surface area (TPSA) is 99.6 Å². The predicted molar refractivity (Wildman–Crippen MR) is 137 cm³/mol. The van der Waals surface area contributed by atoms with E-state index in [4.69, 9.17) is 5.11 Å². The number of carbonyl (C=O) groups is 3. The number of hydrogen-bond donors (Lipinski definition) is 2. The zero-order valence-corrected chi connectivity index (χ0v) is 19.3. The number of rotatable bonds is 6. The summed E-state index contributed by atoms with van der Waals surface area (Å²) >= 11 is 0. The van der Waals surface area contributed by atoms with E-state index in [2.05, 4.69) is 10.3 Å². The maximum atomic E-state index is 13.2. The fourth-order valence-corrected chi connectivity index (χ4v) is 4.42. The highest BCUT2D eigenvalue weighted by molar-refractivity contribution is 6.09. The first kappa shape index (κ1) is 23.0. The number of benzene rings is 3. The Morgan fingerprint density at radius 1 is 0.917 bits per heavy atom. The fourth-order valence-electron chi connectivity index (χ4n) is 4.42. The van der Waals surface area contributed by atoms with Crippen molar-refractivity contribution in [2.24, 2.45) is 0 Å². The molecule has 0 spiro atoms. The molecule has 0 unspecified atom stereocenters. The minimum Gasteiger partial charge on any atom is -0.478 e. The summed E-state index contributed by atoms with van der Waals surface area (Å²) in [7, 11) is 0. The van der Waals surface area contributed by atoms with Crippen LogP contribution in [0, 0.1) is 0 Å². The molecule has 0 bridgehead atoms. The van der Waals surface area contributed by atoms with E-state index >= 15 is 0 Å². The summed E-state index contributed by atoms with van der Waals surface area (Å²) in [6, 6.07) is 24.7. The molecule has 1 aromatic heterocycles. The lowest BCUT2D eigenvalue weighted by molar-refractivity contribution is -0.117. The molecular weight excluding hydrogens is 454 g/mol. The molecular formula is C29H23N3O4. The van der Waals surface area contributed by atoms with Gasteiger partial charge in [-0.05, 0) is 71.6 Å². The molecule has 7 heteroatoms. The Bertz CT molecular complexity index is 1450. The molecule has 0 aliphatic carbocycles. The third-order valence-electron chi connectivity index (χ3n) is 6.21. The molecule has 2 amide bonds. The molecule has 0 radical (unpaired) electrons. The summed E-state index contributed by atoms with van der Waals surface area (Å²) in [4.78, 5) is 43.2. The maximum Gasteiger partial charge on any atom is 0.335 e. The van der Waals surface area contributed by atoms with Gasteiger partial charge >= 0.3 is 5.97 Å². The SMILES string of the molecule is O=C(O)c1ccc(-c2ccccc2C(=O)Nc2ccc3c(c2)CCN3C(=O)Cc2ccccn2)cc1. The normalized spacial score (nSPS) is 12.2. The van der Waals surface area contributed by atoms with Gasteiger partial charge in [0.15, 0.2) is 0 Å². The van der Waals surface area contributed by atoms with Gasteiger partial charge < -0.3 is 15.3 Å². The number of nitrogens with one attached hydrogen (secondary N) is 1. The molecule has 4 aromatic rings. The van der Waals surface area contributed by atoms with Gasteiger partial charge in [-0.15, -0.1) is 0 Å². The lowest BCUT2D eigenvalue weighted by Crippen LogP contribution is -2.30. The molecule has 7 nitrogen and oxygen atoms in total. The second-order valence-corrected chi connectivity index (χ2v) is 8.52. The van der Waals surface area contributed by atoms with E-state index in [1.54, 1.807) is 41.4 Å². The Morgan fingerprint density at radius 3 is 2.44 bits per heavy atom. The van der Waals surface area contributed by atoms with E-state index in [-0.39, 0.29) is 23.8 Å². The van der Waals surface area contributed by atoms with Crippen LogP contribution in [0.25, 0.3) is 11.1 Å². The molecule has 2 N–H and O–H groups in total. The van der Waals surface area contributed by atoms with Crippen LogP contribution in [0.4, 0.5) is 11.4 Å². The van der Waals surface area contributed by atoms with Crippen LogP contribution in [-0.4, -0.2) is 34.4 Å². The Labute approximate surface area is 208 Å². The lowest BCUT2D eigenvalue weighted by atomic mass is 9.98. The van der Waals surface area contributed by atoms with Crippen molar-refractivity contribution in [3.05, 3.63) is 114 Å². The fraction of sp³-hybridized carbons (Fsp3) is 0.103. The number of amides is 2. The van der Waals surface area contributed by atoms with Crippen molar-refractivity contribution in [2.45, 2.75) is 12.8 Å². The van der Waals surface area contributed by atoms with Crippen molar-refractivity contribution in [1.82, 2.24) is 4.98 Å². The van der Waals surface area contributed by atoms with Crippen LogP contribution < -0.4 is 10.2 Å². The molecule has 178 valence electrons. The van der Waals surface area contributed by atoms with E-state index in [0.29, 0.717) is 29.8 Å². The van der Waals surface area contributed by atoms with Gasteiger partial charge in [-0.1, -0.05) is 36.4 Å². The Kier molecular flexibility index (Phi) is 6.28. The third kappa shape index (κ3) is 4.72. The monoisotopic (exact) mass is 477 g/mol. The molecule has 0 saturated carbocycles. The van der Waals surface area contributed by atoms with E-state index in [0.717, 1.165) is 22.5 Å². The molecule has 0 saturated heterocycles. The highest BCUT2D eigenvalue weighted by atomic mass is 16.4. The minimum atomic E-state index is -0.999. The van der Waals surface area contributed by atoms with Crippen molar-refractivity contribution < 1.29 is 19.5 Å². The maximum absolute atomic E-state index is 13.2. The molecule has 1 aliphatic rings. The number of hydrogen-bond acceptors (Lipinski definition) is 4. The molecule has 0 fully saturated rings. The first-order valence-electron chi connectivity index (χ1n) is 11.6. The van der Waals surface area contributed by atoms with E-state index in [1.165, 1.54) is 12.1 Å². The van der Waals surface area contributed by atoms with Gasteiger partial charge in [0.1, 0.15) is 0 Å². The molecule has 0 atom stereocenters. The van der Waals surface area contributed by atoms with Crippen molar-refractivity contribution >= 4 is 29.2 Å². The van der Waals surface area contributed by atoms with Crippen LogP contribution in [0.2, 0.25) is 0 Å². The average Bonchev–Trinajstić information content (AvgIpc) is 3.33. The van der Waals surface area contributed by atoms with Crippen LogP contribution in [0.1, 0.15) is 32.0 Å². The highest BCUT2D eigenvalue weighted by Gasteiger charge is 2.25. The number of carboxylic acid groups (broad SMARTS) is 1. The van der Waals surface area contributed by atoms with Gasteiger partial charge in [0.2, 0.25) is 5.91 Å². The zero-order valence-electron chi connectivity index (χ0n) is 19.3. The molecule has 5 rings (SSSR count). The van der Waals surface area contributed by atoms with Crippen LogP contribution in [0.15, 0.2) is 91.1 Å². The average molecular weight is 478 g/mol. The molecule has 36 heavy (non-hydrogen) atoms. The van der Waals surface area contributed by atoms with Crippen molar-refractivity contribution in [1.29, 1.82) is 0 Å². The molecule has 3 aromatic carbocycles. The standard InChI is InChI=1S/C29H23N3O4/c33-27(18-22-5-3-4-15-30-22)32-16-14-21-17-23(12-13-26(21)32)31-28(34)25-7-2-1-6-24(25)19-8-10-20(11-9-19)29(35)36/h1-13,15,17H,14,16,18H2,(H,31,34)(H,35,36). The number of carbonyl (C=O) groups excluding carboxylic acids is 2. The predicted octanol–water partition coefficient (Wildman–Crippen LogP) is 4.83. The van der Waals surface area contributed by atoms with Crippen LogP contribution in [0.5, 0.6) is 0 Å². The second kappa shape index (κ2) is 9.84. The van der Waals surface area contributed by atoms with Crippen LogP contribution >= 0.6 is 0 Å². The summed E-state index contributed by atoms with van der Waals surface area (Å²) in [6.45, 7) is 0.591. The zero-order chi connectivity index (χ0) is 25.1. The summed E-state index contributed by atoms with van der Waals surface area (Å²) in [5.41, 5.74) is 5.36. The van der Waals surface area contributed by atoms with Gasteiger partial charge in [0.25, 0.3) is 5.91 Å². The van der Waals surface area contributed by atoms with Gasteiger partial charge in [0, 0.05) is 35.4 Å². The Balaban J connectivity index is 1.33. The number of pyridine rings is 1. The van der Waals surface area contributed by atoms with E-state index in [1.807, 2.05) is 42.5 Å². The molecule has 1 aliphatic heterocycles. The Morgan fingerprint density at radius 2 is 1.69 bits per heavy atom. The second-order valence-electron chi connectivity index (χ2n) is 8.52. The number of carboxylic acids is 1. The highest BCUT2D eigenvalue weighted by Crippen LogP contribution is 2.32. The number of aromatic nitrogens is 1. The minimum absolute atomic E-state index is 0.00733. The lowest BCUT2D eigenvalue weighted by Gasteiger charge is -2.17. The van der Waals surface area contributed by atoms with Crippen molar-refractivity contribution in [2.75, 3.05) is 16.8 Å². The first-order chi connectivity index (χ1) is 17.5. The van der Waals surface area contributed by atoms with E-state index < -0.39 is 5.97 Å². The Hall–Kier alpha value is -4.78. The van der Waals surface area contributed by atoms with Gasteiger partial charge in [-0.25, -0.2) is 4.79 Å². The summed E-state index contributed by atoms with van der Waals surface area (Å²) in [6.07, 6.45) is 2.63. The number of fused-ring (bicyclic) bond motifs is 1. The molecule has 2 heterocycles. The number of nitrogens with zero attached hydrogens (tertiary/aromatic N) is 2. The first-order valence-corrected chi connectivity index (χ1v) is 11.6. The van der Waals surface area contributed by atoms with Crippen LogP contribution in [-0.2, 0) is 17.6 Å². The number of aromatic carboxylic acids is 1. The third-order valence-corrected chi connectivity index (χ3v) is 6.21. The van der Waals surface area contributed by atoms with Gasteiger partial charge in [-0.3, -0.25) is 14.6 Å². The van der Waals surface area contributed by atoms with E-state index in [9.17, 15) is 14.4 Å². The quantitative estimate of drug-likeness (QED) is 0.414. The van der Waals surface area contributed by atoms with Gasteiger partial charge in [0.05, 0.1) is 12.0 Å². The van der Waals surface area contributed by atoms with Crippen molar-refractivity contribution in [3.63, 3.8) is 0 Å². The van der Waals surface area contributed by atoms with Crippen molar-refractivity contribution in [3.8, 4) is 11.1 Å². The van der Waals surface area contributed by atoms with Crippen LogP contribution in [0.3, 0.4) is 0 Å².